The van der Waals surface area contributed by atoms with Crippen molar-refractivity contribution in [2.45, 2.75) is 36.6 Å². The zero-order chi connectivity index (χ0) is 17.5. The highest BCUT2D eigenvalue weighted by Crippen LogP contribution is 2.60. The van der Waals surface area contributed by atoms with E-state index in [4.69, 9.17) is 11.6 Å². The first-order valence-electron chi connectivity index (χ1n) is 7.83. The van der Waals surface area contributed by atoms with Crippen LogP contribution in [0, 0.1) is 0 Å². The zero-order valence-corrected chi connectivity index (χ0v) is 15.5. The first kappa shape index (κ1) is 17.3. The molecule has 0 spiro atoms. The molecule has 1 saturated heterocycles. The van der Waals surface area contributed by atoms with Crippen LogP contribution in [0.1, 0.15) is 42.7 Å². The number of hydrogen-bond acceptors (Lipinski definition) is 2. The van der Waals surface area contributed by atoms with Crippen molar-refractivity contribution in [3.05, 3.63) is 71.8 Å². The third-order valence-electron chi connectivity index (χ3n) is 4.02. The van der Waals surface area contributed by atoms with Crippen molar-refractivity contribution >= 4 is 28.4 Å². The maximum Gasteiger partial charge on any atom is 0.201 e. The van der Waals surface area contributed by atoms with Gasteiger partial charge in [0.25, 0.3) is 0 Å². The van der Waals surface area contributed by atoms with E-state index < -0.39 is 26.8 Å². The third-order valence-corrected chi connectivity index (χ3v) is 6.59. The molecule has 2 aromatic carbocycles. The van der Waals surface area contributed by atoms with Crippen LogP contribution in [0.2, 0.25) is 0 Å². The Hall–Kier alpha value is -1.49. The maximum atomic E-state index is 13.0. The van der Waals surface area contributed by atoms with Gasteiger partial charge in [-0.3, -0.25) is 4.79 Å². The molecule has 0 amide bonds. The van der Waals surface area contributed by atoms with Gasteiger partial charge in [0.1, 0.15) is 11.0 Å². The van der Waals surface area contributed by atoms with Crippen LogP contribution in [-0.4, -0.2) is 24.0 Å². The monoisotopic (exact) mass is 361 g/mol. The van der Waals surface area contributed by atoms with Gasteiger partial charge >= 0.3 is 0 Å². The summed E-state index contributed by atoms with van der Waals surface area (Å²) >= 11 is 6.78. The first-order chi connectivity index (χ1) is 11.3. The van der Waals surface area contributed by atoms with E-state index >= 15 is 0 Å². The molecule has 3 rings (SSSR count). The van der Waals surface area contributed by atoms with E-state index in [1.807, 2.05) is 57.2 Å². The normalized spacial score (nSPS) is 27.5. The highest BCUT2D eigenvalue weighted by Gasteiger charge is 2.71. The maximum absolute atomic E-state index is 13.0. The fourth-order valence-electron chi connectivity index (χ4n) is 2.77. The van der Waals surface area contributed by atoms with Gasteiger partial charge in [-0.2, -0.15) is 4.31 Å². The molecule has 0 aromatic heterocycles. The molecular formula is C19H20ClNO2S. The molecule has 1 aliphatic rings. The van der Waals surface area contributed by atoms with Gasteiger partial charge in [0.15, 0.2) is 5.00 Å². The van der Waals surface area contributed by atoms with Crippen LogP contribution in [0.15, 0.2) is 60.7 Å². The summed E-state index contributed by atoms with van der Waals surface area (Å²) in [6.45, 7) is 5.65. The first-order valence-corrected chi connectivity index (χ1v) is 9.31. The number of hydrogen-bond donors (Lipinski definition) is 0. The fourth-order valence-corrected chi connectivity index (χ4v) is 4.83. The summed E-state index contributed by atoms with van der Waals surface area (Å²) in [6.07, 6.45) is 0. The quantitative estimate of drug-likeness (QED) is 0.352. The zero-order valence-electron chi connectivity index (χ0n) is 13.9. The Morgan fingerprint density at radius 3 is 2.04 bits per heavy atom. The molecule has 1 unspecified atom stereocenters. The van der Waals surface area contributed by atoms with Crippen molar-refractivity contribution in [3.8, 4) is 0 Å². The Balaban J connectivity index is 2.03. The lowest BCUT2D eigenvalue weighted by atomic mass is 10.0. The van der Waals surface area contributed by atoms with E-state index in [-0.39, 0.29) is 5.78 Å². The molecule has 0 bridgehead atoms. The van der Waals surface area contributed by atoms with E-state index in [1.165, 1.54) is 0 Å². The number of halogens is 1. The number of rotatable bonds is 4. The van der Waals surface area contributed by atoms with E-state index in [0.29, 0.717) is 5.56 Å². The Bertz CT molecular complexity index is 773. The van der Waals surface area contributed by atoms with Crippen molar-refractivity contribution in [3.63, 3.8) is 0 Å². The summed E-state index contributed by atoms with van der Waals surface area (Å²) < 4.78 is 14.1. The minimum atomic E-state index is -1.39. The molecule has 126 valence electrons. The SMILES string of the molecule is CC(C)(C)[S@@](=O)N1[C@@H](c2ccccc2)[C@]1(Cl)C(=O)c1ccccc1. The molecule has 0 saturated carbocycles. The van der Waals surface area contributed by atoms with Gasteiger partial charge in [0.05, 0.1) is 10.8 Å². The predicted octanol–water partition coefficient (Wildman–Crippen LogP) is 4.32. The van der Waals surface area contributed by atoms with E-state index in [0.717, 1.165) is 5.56 Å². The van der Waals surface area contributed by atoms with Crippen molar-refractivity contribution in [1.82, 2.24) is 4.31 Å². The third kappa shape index (κ3) is 2.83. The van der Waals surface area contributed by atoms with Gasteiger partial charge in [-0.15, -0.1) is 0 Å². The number of benzene rings is 2. The molecule has 1 aliphatic heterocycles. The fraction of sp³-hybridized carbons (Fsp3) is 0.316. The Labute approximate surface area is 150 Å². The molecule has 0 radical (unpaired) electrons. The highest BCUT2D eigenvalue weighted by atomic mass is 35.5. The lowest BCUT2D eigenvalue weighted by Crippen LogP contribution is -2.33. The van der Waals surface area contributed by atoms with Gasteiger partial charge in [-0.05, 0) is 26.3 Å². The largest absolute Gasteiger partial charge is 0.291 e. The molecule has 24 heavy (non-hydrogen) atoms. The van der Waals surface area contributed by atoms with Crippen molar-refractivity contribution < 1.29 is 9.00 Å². The minimum absolute atomic E-state index is 0.212. The predicted molar refractivity (Wildman–Crippen MR) is 98.3 cm³/mol. The molecule has 4 atom stereocenters. The van der Waals surface area contributed by atoms with Crippen molar-refractivity contribution in [2.75, 3.05) is 0 Å². The van der Waals surface area contributed by atoms with Gasteiger partial charge in [0.2, 0.25) is 5.78 Å². The van der Waals surface area contributed by atoms with Crippen LogP contribution in [0.25, 0.3) is 0 Å². The number of alkyl halides is 1. The van der Waals surface area contributed by atoms with Crippen LogP contribution in [0.4, 0.5) is 0 Å². The summed E-state index contributed by atoms with van der Waals surface area (Å²) in [5, 5.41) is 0. The van der Waals surface area contributed by atoms with Crippen LogP contribution >= 0.6 is 11.6 Å². The van der Waals surface area contributed by atoms with Crippen LogP contribution < -0.4 is 0 Å². The second-order valence-electron chi connectivity index (χ2n) is 6.87. The van der Waals surface area contributed by atoms with E-state index in [9.17, 15) is 9.00 Å². The second kappa shape index (κ2) is 6.10. The van der Waals surface area contributed by atoms with Crippen LogP contribution in [-0.2, 0) is 11.0 Å². The topological polar surface area (TPSA) is 37.1 Å². The standard InChI is InChI=1S/C19H20ClNO2S/c1-18(2,3)24(23)21-16(14-10-6-4-7-11-14)19(21,20)17(22)15-12-8-5-9-13-15/h4-13,16H,1-3H3/t16-,19+,21?,24+/m0/s1. The van der Waals surface area contributed by atoms with Crippen LogP contribution in [0.5, 0.6) is 0 Å². The second-order valence-corrected chi connectivity index (χ2v) is 9.56. The molecule has 1 fully saturated rings. The number of carbonyl (C=O) groups excluding carboxylic acids is 1. The summed E-state index contributed by atoms with van der Waals surface area (Å²) in [5.74, 6) is -0.212. The van der Waals surface area contributed by atoms with Gasteiger partial charge < -0.3 is 0 Å². The molecule has 0 N–H and O–H groups in total. The minimum Gasteiger partial charge on any atom is -0.291 e. The molecule has 3 nitrogen and oxygen atoms in total. The highest BCUT2D eigenvalue weighted by molar-refractivity contribution is 7.84. The van der Waals surface area contributed by atoms with Crippen molar-refractivity contribution in [2.24, 2.45) is 0 Å². The lowest BCUT2D eigenvalue weighted by molar-refractivity contribution is 0.0966. The van der Waals surface area contributed by atoms with Gasteiger partial charge in [-0.1, -0.05) is 72.3 Å². The average Bonchev–Trinajstić information content (AvgIpc) is 3.21. The number of Topliss-reactive ketones (excluding diaryl/α,β-unsaturated/α-hetero) is 1. The Kier molecular flexibility index (Phi) is 4.41. The molecular weight excluding hydrogens is 342 g/mol. The van der Waals surface area contributed by atoms with Gasteiger partial charge in [-0.25, -0.2) is 4.21 Å². The lowest BCUT2D eigenvalue weighted by Gasteiger charge is -2.20. The van der Waals surface area contributed by atoms with E-state index in [2.05, 4.69) is 0 Å². The average molecular weight is 362 g/mol. The molecule has 1 heterocycles. The van der Waals surface area contributed by atoms with Crippen LogP contribution in [0.3, 0.4) is 0 Å². The number of carbonyl (C=O) groups is 1. The smallest absolute Gasteiger partial charge is 0.201 e. The molecule has 0 aliphatic carbocycles. The summed E-state index contributed by atoms with van der Waals surface area (Å²) in [7, 11) is -1.39. The Morgan fingerprint density at radius 1 is 1.04 bits per heavy atom. The summed E-state index contributed by atoms with van der Waals surface area (Å²) in [5.41, 5.74) is 1.43. The van der Waals surface area contributed by atoms with E-state index in [1.54, 1.807) is 28.6 Å². The van der Waals surface area contributed by atoms with Gasteiger partial charge in [0, 0.05) is 5.56 Å². The van der Waals surface area contributed by atoms with Crippen molar-refractivity contribution in [1.29, 1.82) is 0 Å². The summed E-state index contributed by atoms with van der Waals surface area (Å²) in [4.78, 5) is 11.7. The Morgan fingerprint density at radius 2 is 1.54 bits per heavy atom. The molecule has 2 aromatic rings. The molecule has 5 heteroatoms. The number of nitrogens with zero attached hydrogens (tertiary/aromatic N) is 1. The number of ketones is 1. The summed E-state index contributed by atoms with van der Waals surface area (Å²) in [6, 6.07) is 18.1.